The predicted molar refractivity (Wildman–Crippen MR) is 122 cm³/mol. The maximum absolute atomic E-state index is 14.1. The Morgan fingerprint density at radius 3 is 2.67 bits per heavy atom. The van der Waals surface area contributed by atoms with Gasteiger partial charge >= 0.3 is 0 Å². The van der Waals surface area contributed by atoms with E-state index >= 15 is 0 Å². The van der Waals surface area contributed by atoms with Crippen molar-refractivity contribution in [1.82, 2.24) is 9.80 Å². The van der Waals surface area contributed by atoms with Gasteiger partial charge in [0.1, 0.15) is 0 Å². The molecule has 2 aromatic rings. The summed E-state index contributed by atoms with van der Waals surface area (Å²) in [5, 5.41) is 9.23. The molecule has 0 N–H and O–H groups in total. The molecule has 0 spiro atoms. The van der Waals surface area contributed by atoms with Crippen LogP contribution in [-0.2, 0) is 11.3 Å². The number of hydrogen-bond acceptors (Lipinski definition) is 5. The second kappa shape index (κ2) is 7.78. The van der Waals surface area contributed by atoms with Crippen molar-refractivity contribution in [3.63, 3.8) is 0 Å². The summed E-state index contributed by atoms with van der Waals surface area (Å²) in [4.78, 5) is 18.8. The van der Waals surface area contributed by atoms with Gasteiger partial charge in [-0.15, -0.1) is 0 Å². The first-order chi connectivity index (χ1) is 16.1. The summed E-state index contributed by atoms with van der Waals surface area (Å²) in [6, 6.07) is 16.8. The molecule has 5 atom stereocenters. The van der Waals surface area contributed by atoms with Crippen LogP contribution >= 0.6 is 0 Å². The van der Waals surface area contributed by atoms with E-state index in [9.17, 15) is 10.1 Å². The van der Waals surface area contributed by atoms with Crippen LogP contribution in [0.5, 0.6) is 11.5 Å². The van der Waals surface area contributed by atoms with E-state index < -0.39 is 0 Å². The smallest absolute Gasteiger partial charge is 0.231 e. The fourth-order valence-corrected chi connectivity index (χ4v) is 6.89. The first-order valence-corrected chi connectivity index (χ1v) is 12.0. The lowest BCUT2D eigenvalue weighted by Gasteiger charge is -2.35. The maximum atomic E-state index is 14.1. The maximum Gasteiger partial charge on any atom is 0.231 e. The van der Waals surface area contributed by atoms with Gasteiger partial charge in [-0.2, -0.15) is 5.26 Å². The molecule has 0 aromatic heterocycles. The number of hydrogen-bond donors (Lipinski definition) is 0. The molecule has 6 heteroatoms. The van der Waals surface area contributed by atoms with Crippen molar-refractivity contribution in [2.24, 2.45) is 17.8 Å². The van der Waals surface area contributed by atoms with E-state index in [4.69, 9.17) is 9.47 Å². The van der Waals surface area contributed by atoms with Crippen molar-refractivity contribution >= 4 is 5.91 Å². The highest BCUT2D eigenvalue weighted by Crippen LogP contribution is 2.56. The van der Waals surface area contributed by atoms with E-state index in [1.165, 1.54) is 6.42 Å². The van der Waals surface area contributed by atoms with E-state index in [2.05, 4.69) is 41.8 Å². The Morgan fingerprint density at radius 1 is 1.12 bits per heavy atom. The summed E-state index contributed by atoms with van der Waals surface area (Å²) >= 11 is 0. The minimum atomic E-state index is -0.0374. The summed E-state index contributed by atoms with van der Waals surface area (Å²) in [6.45, 7) is 6.40. The normalized spacial score (nSPS) is 30.1. The number of nitrogens with zero attached hydrogens (tertiary/aromatic N) is 3. The third kappa shape index (κ3) is 3.13. The van der Waals surface area contributed by atoms with Gasteiger partial charge in [-0.25, -0.2) is 0 Å². The molecule has 33 heavy (non-hydrogen) atoms. The zero-order valence-corrected chi connectivity index (χ0v) is 19.1. The first-order valence-electron chi connectivity index (χ1n) is 12.0. The molecule has 6 nitrogen and oxygen atoms in total. The van der Waals surface area contributed by atoms with Crippen LogP contribution < -0.4 is 9.47 Å². The molecule has 3 fully saturated rings. The van der Waals surface area contributed by atoms with Gasteiger partial charge in [0.25, 0.3) is 0 Å². The fraction of sp³-hybridized carbons (Fsp3) is 0.481. The molecule has 3 saturated heterocycles. The molecular formula is C27H29N3O3. The quantitative estimate of drug-likeness (QED) is 0.712. The number of nitriles is 1. The number of amides is 1. The second-order valence-electron chi connectivity index (χ2n) is 10.1. The molecule has 0 bridgehead atoms. The van der Waals surface area contributed by atoms with Crippen molar-refractivity contribution in [3.05, 3.63) is 59.2 Å². The van der Waals surface area contributed by atoms with Gasteiger partial charge in [0, 0.05) is 30.6 Å². The number of carbonyl (C=O) groups is 1. The third-order valence-corrected chi connectivity index (χ3v) is 8.08. The molecule has 4 aliphatic rings. The van der Waals surface area contributed by atoms with Crippen LogP contribution in [0.2, 0.25) is 0 Å². The third-order valence-electron chi connectivity index (χ3n) is 8.08. The highest BCUT2D eigenvalue weighted by atomic mass is 16.7. The summed E-state index contributed by atoms with van der Waals surface area (Å²) in [6.07, 6.45) is 2.34. The van der Waals surface area contributed by atoms with Crippen molar-refractivity contribution in [3.8, 4) is 17.6 Å². The average Bonchev–Trinajstić information content (AvgIpc) is 3.57. The largest absolute Gasteiger partial charge is 0.454 e. The molecule has 1 amide bonds. The Hall–Kier alpha value is -3.04. The lowest BCUT2D eigenvalue weighted by molar-refractivity contribution is -0.134. The summed E-state index contributed by atoms with van der Waals surface area (Å²) < 4.78 is 11.0. The number of ether oxygens (including phenoxy) is 2. The monoisotopic (exact) mass is 443 g/mol. The molecule has 5 unspecified atom stereocenters. The van der Waals surface area contributed by atoms with E-state index in [0.717, 1.165) is 35.6 Å². The van der Waals surface area contributed by atoms with Crippen LogP contribution in [0, 0.1) is 29.1 Å². The molecule has 0 saturated carbocycles. The van der Waals surface area contributed by atoms with E-state index in [-0.39, 0.29) is 30.7 Å². The van der Waals surface area contributed by atoms with Crippen LogP contribution in [0.25, 0.3) is 0 Å². The minimum absolute atomic E-state index is 0.0374. The molecule has 0 radical (unpaired) electrons. The van der Waals surface area contributed by atoms with Crippen LogP contribution in [0.3, 0.4) is 0 Å². The summed E-state index contributed by atoms with van der Waals surface area (Å²) in [5.74, 6) is 2.46. The van der Waals surface area contributed by atoms with E-state index in [1.807, 2.05) is 30.3 Å². The summed E-state index contributed by atoms with van der Waals surface area (Å²) in [5.41, 5.74) is 2.90. The molecule has 6 rings (SSSR count). The van der Waals surface area contributed by atoms with Crippen molar-refractivity contribution in [2.45, 2.75) is 51.4 Å². The number of likely N-dealkylation sites (tertiary alicyclic amines) is 1. The SMILES string of the molecule is CC(C)C1C2C(C(=O)N1Cc1ccc3c(c1)OCO3)C(c1ccc(C#N)cc1)N1CCCC21. The first kappa shape index (κ1) is 20.6. The van der Waals surface area contributed by atoms with Gasteiger partial charge in [-0.05, 0) is 60.7 Å². The molecular weight excluding hydrogens is 414 g/mol. The molecule has 2 aromatic carbocycles. The lowest BCUT2D eigenvalue weighted by Crippen LogP contribution is -2.44. The van der Waals surface area contributed by atoms with Crippen LogP contribution in [0.4, 0.5) is 0 Å². The number of carbonyl (C=O) groups excluding carboxylic acids is 1. The van der Waals surface area contributed by atoms with Gasteiger partial charge in [0.15, 0.2) is 11.5 Å². The van der Waals surface area contributed by atoms with Crippen LogP contribution in [0.15, 0.2) is 42.5 Å². The van der Waals surface area contributed by atoms with Crippen molar-refractivity contribution < 1.29 is 14.3 Å². The molecule has 4 heterocycles. The Kier molecular flexibility index (Phi) is 4.84. The Balaban J connectivity index is 1.36. The number of fused-ring (bicyclic) bond motifs is 4. The van der Waals surface area contributed by atoms with Crippen LogP contribution in [-0.4, -0.2) is 41.1 Å². The zero-order valence-electron chi connectivity index (χ0n) is 19.1. The molecule has 0 aliphatic carbocycles. The predicted octanol–water partition coefficient (Wildman–Crippen LogP) is 4.11. The average molecular weight is 444 g/mol. The molecule has 4 aliphatic heterocycles. The standard InChI is InChI=1S/C27H29N3O3/c1-16(2)25-23-20-4-3-11-29(20)26(19-8-5-17(13-28)6-9-19)24(23)27(31)30(25)14-18-7-10-21-22(12-18)33-15-32-21/h5-10,12,16,20,23-26H,3-4,11,14-15H2,1-2H3. The van der Waals surface area contributed by atoms with E-state index in [0.29, 0.717) is 30.0 Å². The summed E-state index contributed by atoms with van der Waals surface area (Å²) in [7, 11) is 0. The number of rotatable bonds is 4. The Morgan fingerprint density at radius 2 is 1.91 bits per heavy atom. The highest BCUT2D eigenvalue weighted by molar-refractivity contribution is 5.84. The van der Waals surface area contributed by atoms with Gasteiger partial charge in [0.2, 0.25) is 12.7 Å². The Bertz CT molecular complexity index is 1120. The topological polar surface area (TPSA) is 65.8 Å². The fourth-order valence-electron chi connectivity index (χ4n) is 6.89. The van der Waals surface area contributed by atoms with Gasteiger partial charge < -0.3 is 14.4 Å². The lowest BCUT2D eigenvalue weighted by atomic mass is 9.79. The minimum Gasteiger partial charge on any atom is -0.454 e. The Labute approximate surface area is 194 Å². The number of benzene rings is 2. The second-order valence-corrected chi connectivity index (χ2v) is 10.1. The molecule has 170 valence electrons. The van der Waals surface area contributed by atoms with Crippen molar-refractivity contribution in [2.75, 3.05) is 13.3 Å². The van der Waals surface area contributed by atoms with Gasteiger partial charge in [0.05, 0.1) is 17.6 Å². The van der Waals surface area contributed by atoms with Crippen LogP contribution in [0.1, 0.15) is 49.4 Å². The van der Waals surface area contributed by atoms with Crippen molar-refractivity contribution in [1.29, 1.82) is 5.26 Å². The van der Waals surface area contributed by atoms with Gasteiger partial charge in [-0.1, -0.05) is 32.0 Å². The zero-order chi connectivity index (χ0) is 22.7. The highest BCUT2D eigenvalue weighted by Gasteiger charge is 2.62. The van der Waals surface area contributed by atoms with E-state index in [1.54, 1.807) is 0 Å². The van der Waals surface area contributed by atoms with Gasteiger partial charge in [-0.3, -0.25) is 9.69 Å².